The Morgan fingerprint density at radius 3 is 3.05 bits per heavy atom. The number of aliphatic hydroxyl groups is 1. The van der Waals surface area contributed by atoms with E-state index in [1.165, 1.54) is 17.5 Å². The van der Waals surface area contributed by atoms with Gasteiger partial charge in [-0.25, -0.2) is 0 Å². The summed E-state index contributed by atoms with van der Waals surface area (Å²) >= 11 is 3.57. The number of rotatable bonds is 3. The van der Waals surface area contributed by atoms with Gasteiger partial charge in [-0.3, -0.25) is 0 Å². The average Bonchev–Trinajstić information content (AvgIpc) is 2.95. The Morgan fingerprint density at radius 1 is 1.47 bits per heavy atom. The van der Waals surface area contributed by atoms with Crippen molar-refractivity contribution in [2.45, 2.75) is 51.0 Å². The van der Waals surface area contributed by atoms with Gasteiger partial charge in [0.25, 0.3) is 0 Å². The van der Waals surface area contributed by atoms with E-state index in [4.69, 9.17) is 4.74 Å². The summed E-state index contributed by atoms with van der Waals surface area (Å²) in [5.41, 5.74) is 1.92. The predicted molar refractivity (Wildman–Crippen MR) is 79.6 cm³/mol. The van der Waals surface area contributed by atoms with Gasteiger partial charge in [0.2, 0.25) is 0 Å². The van der Waals surface area contributed by atoms with E-state index in [1.54, 1.807) is 0 Å². The van der Waals surface area contributed by atoms with Crippen molar-refractivity contribution in [3.63, 3.8) is 0 Å². The molecule has 0 amide bonds. The van der Waals surface area contributed by atoms with Crippen LogP contribution in [0.1, 0.15) is 43.7 Å². The number of halogens is 1. The van der Waals surface area contributed by atoms with Crippen LogP contribution >= 0.6 is 15.9 Å². The highest BCUT2D eigenvalue weighted by molar-refractivity contribution is 9.10. The minimum Gasteiger partial charge on any atom is -0.493 e. The fourth-order valence-corrected chi connectivity index (χ4v) is 4.11. The van der Waals surface area contributed by atoms with Crippen molar-refractivity contribution in [2.75, 3.05) is 6.61 Å². The maximum atomic E-state index is 10.8. The van der Waals surface area contributed by atoms with E-state index < -0.39 is 5.60 Å². The van der Waals surface area contributed by atoms with Gasteiger partial charge in [-0.2, -0.15) is 0 Å². The van der Waals surface area contributed by atoms with Crippen molar-refractivity contribution in [3.05, 3.63) is 27.7 Å². The molecule has 1 saturated carbocycles. The van der Waals surface area contributed by atoms with E-state index in [0.717, 1.165) is 48.9 Å². The largest absolute Gasteiger partial charge is 0.493 e. The van der Waals surface area contributed by atoms with Crippen molar-refractivity contribution in [1.82, 2.24) is 0 Å². The van der Waals surface area contributed by atoms with Crippen LogP contribution in [0.4, 0.5) is 0 Å². The third-order valence-corrected chi connectivity index (χ3v) is 5.07. The van der Waals surface area contributed by atoms with E-state index in [0.29, 0.717) is 5.92 Å². The van der Waals surface area contributed by atoms with E-state index in [-0.39, 0.29) is 0 Å². The van der Waals surface area contributed by atoms with Crippen LogP contribution in [0.15, 0.2) is 16.6 Å². The van der Waals surface area contributed by atoms with Crippen LogP contribution in [0.3, 0.4) is 0 Å². The highest BCUT2D eigenvalue weighted by Crippen LogP contribution is 2.42. The summed E-state index contributed by atoms with van der Waals surface area (Å²) in [5.74, 6) is 1.71. The third kappa shape index (κ3) is 2.68. The lowest BCUT2D eigenvalue weighted by atomic mass is 9.90. The molecule has 1 aliphatic carbocycles. The number of hydrogen-bond acceptors (Lipinski definition) is 2. The van der Waals surface area contributed by atoms with Crippen LogP contribution in [-0.4, -0.2) is 17.3 Å². The molecule has 19 heavy (non-hydrogen) atoms. The van der Waals surface area contributed by atoms with E-state index >= 15 is 0 Å². The maximum Gasteiger partial charge on any atom is 0.125 e. The van der Waals surface area contributed by atoms with Gasteiger partial charge in [-0.1, -0.05) is 29.3 Å². The fraction of sp³-hybridized carbons (Fsp3) is 0.625. The molecular formula is C16H21BrO2. The highest BCUT2D eigenvalue weighted by atomic mass is 79.9. The van der Waals surface area contributed by atoms with Gasteiger partial charge < -0.3 is 9.84 Å². The number of ether oxygens (including phenoxy) is 1. The summed E-state index contributed by atoms with van der Waals surface area (Å²) in [6.45, 7) is 2.99. The second-order valence-corrected chi connectivity index (χ2v) is 6.99. The van der Waals surface area contributed by atoms with E-state index in [9.17, 15) is 5.11 Å². The van der Waals surface area contributed by atoms with Gasteiger partial charge in [0.05, 0.1) is 12.2 Å². The van der Waals surface area contributed by atoms with Crippen molar-refractivity contribution >= 4 is 15.9 Å². The molecule has 3 heteroatoms. The Morgan fingerprint density at radius 2 is 2.32 bits per heavy atom. The Hall–Kier alpha value is -0.540. The zero-order valence-electron chi connectivity index (χ0n) is 11.4. The quantitative estimate of drug-likeness (QED) is 0.914. The van der Waals surface area contributed by atoms with Crippen LogP contribution in [0.5, 0.6) is 5.75 Å². The molecule has 0 radical (unpaired) electrons. The molecule has 1 aromatic rings. The van der Waals surface area contributed by atoms with E-state index in [1.807, 2.05) is 0 Å². The van der Waals surface area contributed by atoms with Crippen LogP contribution < -0.4 is 4.74 Å². The first-order valence-corrected chi connectivity index (χ1v) is 8.05. The van der Waals surface area contributed by atoms with Gasteiger partial charge in [0, 0.05) is 17.3 Å². The molecule has 0 saturated heterocycles. The summed E-state index contributed by atoms with van der Waals surface area (Å²) in [7, 11) is 0. The average molecular weight is 325 g/mol. The Bertz CT molecular complexity index is 486. The molecular weight excluding hydrogens is 304 g/mol. The Kier molecular flexibility index (Phi) is 3.61. The van der Waals surface area contributed by atoms with Crippen molar-refractivity contribution in [3.8, 4) is 5.75 Å². The van der Waals surface area contributed by atoms with Gasteiger partial charge in [-0.15, -0.1) is 0 Å². The van der Waals surface area contributed by atoms with Gasteiger partial charge in [0.1, 0.15) is 5.75 Å². The SMILES string of the molecule is CCC1CCC(O)(Cc2cc(Br)cc3c2OCC3)C1. The number of fused-ring (bicyclic) bond motifs is 1. The summed E-state index contributed by atoms with van der Waals surface area (Å²) in [4.78, 5) is 0. The maximum absolute atomic E-state index is 10.8. The standard InChI is InChI=1S/C16H21BrO2/c1-2-11-3-5-16(18,9-11)10-13-8-14(17)7-12-4-6-19-15(12)13/h7-8,11,18H,2-6,9-10H2,1H3. The Labute approximate surface area is 123 Å². The zero-order valence-corrected chi connectivity index (χ0v) is 13.0. The van der Waals surface area contributed by atoms with Crippen molar-refractivity contribution in [1.29, 1.82) is 0 Å². The third-order valence-electron chi connectivity index (χ3n) is 4.61. The molecule has 2 nitrogen and oxygen atoms in total. The fourth-order valence-electron chi connectivity index (χ4n) is 3.56. The smallest absolute Gasteiger partial charge is 0.125 e. The molecule has 2 atom stereocenters. The van der Waals surface area contributed by atoms with Gasteiger partial charge in [0.15, 0.2) is 0 Å². The van der Waals surface area contributed by atoms with Crippen molar-refractivity contribution in [2.24, 2.45) is 5.92 Å². The summed E-state index contributed by atoms with van der Waals surface area (Å²) < 4.78 is 6.86. The van der Waals surface area contributed by atoms with Crippen LogP contribution in [0, 0.1) is 5.92 Å². The Balaban J connectivity index is 1.84. The lowest BCUT2D eigenvalue weighted by Gasteiger charge is -2.24. The normalized spacial score (nSPS) is 29.3. The summed E-state index contributed by atoms with van der Waals surface area (Å²) in [6.07, 6.45) is 5.90. The molecule has 2 unspecified atom stereocenters. The molecule has 104 valence electrons. The first-order valence-electron chi connectivity index (χ1n) is 7.26. The van der Waals surface area contributed by atoms with Crippen molar-refractivity contribution < 1.29 is 9.84 Å². The predicted octanol–water partition coefficient (Wildman–Crippen LogP) is 3.87. The summed E-state index contributed by atoms with van der Waals surface area (Å²) in [5, 5.41) is 10.8. The number of hydrogen-bond donors (Lipinski definition) is 1. The molecule has 0 bridgehead atoms. The van der Waals surface area contributed by atoms with Crippen LogP contribution in [0.25, 0.3) is 0 Å². The summed E-state index contributed by atoms with van der Waals surface area (Å²) in [6, 6.07) is 4.25. The first kappa shape index (κ1) is 13.4. The number of benzene rings is 1. The topological polar surface area (TPSA) is 29.5 Å². The molecule has 1 aromatic carbocycles. The van der Waals surface area contributed by atoms with Gasteiger partial charge in [-0.05, 0) is 48.4 Å². The molecule has 2 aliphatic rings. The van der Waals surface area contributed by atoms with E-state index in [2.05, 4.69) is 35.0 Å². The highest BCUT2D eigenvalue weighted by Gasteiger charge is 2.37. The molecule has 1 fully saturated rings. The second kappa shape index (κ2) is 5.10. The minimum absolute atomic E-state index is 0.527. The molecule has 1 aliphatic heterocycles. The molecule has 0 spiro atoms. The first-order chi connectivity index (χ1) is 9.09. The molecule has 1 N–H and O–H groups in total. The lowest BCUT2D eigenvalue weighted by molar-refractivity contribution is 0.0430. The molecule has 1 heterocycles. The molecule has 0 aromatic heterocycles. The zero-order chi connectivity index (χ0) is 13.5. The molecule has 3 rings (SSSR count). The second-order valence-electron chi connectivity index (χ2n) is 6.07. The van der Waals surface area contributed by atoms with Crippen LogP contribution in [-0.2, 0) is 12.8 Å². The lowest BCUT2D eigenvalue weighted by Crippen LogP contribution is -2.28. The monoisotopic (exact) mass is 324 g/mol. The van der Waals surface area contributed by atoms with Gasteiger partial charge >= 0.3 is 0 Å². The minimum atomic E-state index is -0.527. The van der Waals surface area contributed by atoms with Crippen LogP contribution in [0.2, 0.25) is 0 Å².